The molecule has 0 spiro atoms. The molecule has 0 unspecified atom stereocenters. The topological polar surface area (TPSA) is 41.6 Å². The van der Waals surface area contributed by atoms with Gasteiger partial charge < -0.3 is 10.1 Å². The van der Waals surface area contributed by atoms with Gasteiger partial charge in [0.25, 0.3) is 5.91 Å². The Hall–Kier alpha value is -1.53. The van der Waals surface area contributed by atoms with Crippen molar-refractivity contribution in [3.05, 3.63) is 35.4 Å². The van der Waals surface area contributed by atoms with Crippen LogP contribution in [0.2, 0.25) is 0 Å². The maximum absolute atomic E-state index is 13.5. The second-order valence-corrected chi connectivity index (χ2v) is 5.72. The van der Waals surface area contributed by atoms with E-state index in [-0.39, 0.29) is 11.1 Å². The molecule has 0 saturated carbocycles. The number of amides is 1. The van der Waals surface area contributed by atoms with E-state index in [9.17, 15) is 13.6 Å². The predicted molar refractivity (Wildman–Crippen MR) is 75.2 cm³/mol. The smallest absolute Gasteiger partial charge is 0.254 e. The number of benzene rings is 1. The summed E-state index contributed by atoms with van der Waals surface area (Å²) in [4.78, 5) is 14.2. The summed E-state index contributed by atoms with van der Waals surface area (Å²) < 4.78 is 31.7. The molecule has 0 radical (unpaired) electrons. The van der Waals surface area contributed by atoms with Gasteiger partial charge in [-0.2, -0.15) is 0 Å². The van der Waals surface area contributed by atoms with Gasteiger partial charge >= 0.3 is 0 Å². The van der Waals surface area contributed by atoms with Crippen molar-refractivity contribution >= 4 is 5.91 Å². The molecule has 0 aliphatic carbocycles. The first-order valence-corrected chi connectivity index (χ1v) is 6.96. The molecule has 1 aromatic rings. The van der Waals surface area contributed by atoms with Crippen molar-refractivity contribution < 1.29 is 18.3 Å². The second kappa shape index (κ2) is 6.49. The summed E-state index contributed by atoms with van der Waals surface area (Å²) in [5, 5.41) is 2.71. The number of hydrogen-bond donors (Lipinski definition) is 1. The first-order valence-electron chi connectivity index (χ1n) is 6.96. The first-order chi connectivity index (χ1) is 9.90. The van der Waals surface area contributed by atoms with Crippen LogP contribution in [0, 0.1) is 11.6 Å². The van der Waals surface area contributed by atoms with Crippen molar-refractivity contribution in [2.75, 3.05) is 32.8 Å². The van der Waals surface area contributed by atoms with Crippen LogP contribution < -0.4 is 5.32 Å². The summed E-state index contributed by atoms with van der Waals surface area (Å²) in [6.07, 6.45) is 0. The van der Waals surface area contributed by atoms with E-state index in [1.54, 1.807) is 0 Å². The fourth-order valence-corrected chi connectivity index (χ4v) is 2.35. The minimum Gasteiger partial charge on any atom is -0.379 e. The van der Waals surface area contributed by atoms with Gasteiger partial charge in [-0.05, 0) is 26.0 Å². The Kier molecular flexibility index (Phi) is 4.90. The van der Waals surface area contributed by atoms with E-state index in [0.29, 0.717) is 25.8 Å². The van der Waals surface area contributed by atoms with Crippen LogP contribution in [0.4, 0.5) is 8.78 Å². The van der Waals surface area contributed by atoms with Gasteiger partial charge in [0.2, 0.25) is 0 Å². The number of rotatable bonds is 4. The molecular formula is C15H20F2N2O2. The van der Waals surface area contributed by atoms with Gasteiger partial charge in [-0.1, -0.05) is 0 Å². The van der Waals surface area contributed by atoms with Crippen LogP contribution in [0.3, 0.4) is 0 Å². The van der Waals surface area contributed by atoms with E-state index in [2.05, 4.69) is 10.2 Å². The highest BCUT2D eigenvalue weighted by Crippen LogP contribution is 2.16. The van der Waals surface area contributed by atoms with Gasteiger partial charge in [0.1, 0.15) is 11.6 Å². The van der Waals surface area contributed by atoms with Gasteiger partial charge in [-0.15, -0.1) is 0 Å². The molecular weight excluding hydrogens is 278 g/mol. The molecule has 1 N–H and O–H groups in total. The predicted octanol–water partition coefficient (Wildman–Crippen LogP) is 1.81. The van der Waals surface area contributed by atoms with E-state index in [4.69, 9.17) is 4.74 Å². The summed E-state index contributed by atoms with van der Waals surface area (Å²) in [5.74, 6) is -2.08. The standard InChI is InChI=1S/C15H20F2N2O2/c1-15(2,19-5-7-21-8-6-19)10-18-14(20)12-4-3-11(16)9-13(12)17/h3-4,9H,5-8,10H2,1-2H3,(H,18,20). The minimum absolute atomic E-state index is 0.144. The number of carbonyl (C=O) groups is 1. The molecule has 1 saturated heterocycles. The third kappa shape index (κ3) is 3.98. The molecule has 6 heteroatoms. The lowest BCUT2D eigenvalue weighted by Gasteiger charge is -2.40. The van der Waals surface area contributed by atoms with E-state index in [1.165, 1.54) is 0 Å². The molecule has 116 valence electrons. The van der Waals surface area contributed by atoms with Crippen molar-refractivity contribution in [2.24, 2.45) is 0 Å². The summed E-state index contributed by atoms with van der Waals surface area (Å²) in [7, 11) is 0. The van der Waals surface area contributed by atoms with Crippen molar-refractivity contribution in [2.45, 2.75) is 19.4 Å². The largest absolute Gasteiger partial charge is 0.379 e. The zero-order valence-electron chi connectivity index (χ0n) is 12.3. The molecule has 1 aliphatic rings. The van der Waals surface area contributed by atoms with Crippen LogP contribution in [0.25, 0.3) is 0 Å². The molecule has 0 aromatic heterocycles. The summed E-state index contributed by atoms with van der Waals surface area (Å²) in [6, 6.07) is 2.94. The lowest BCUT2D eigenvalue weighted by Crippen LogP contribution is -2.55. The average Bonchev–Trinajstić information content (AvgIpc) is 2.46. The minimum atomic E-state index is -0.850. The summed E-state index contributed by atoms with van der Waals surface area (Å²) >= 11 is 0. The summed E-state index contributed by atoms with van der Waals surface area (Å²) in [6.45, 7) is 7.34. The highest BCUT2D eigenvalue weighted by atomic mass is 19.1. The number of carbonyl (C=O) groups excluding carboxylic acids is 1. The van der Waals surface area contributed by atoms with E-state index in [1.807, 2.05) is 13.8 Å². The van der Waals surface area contributed by atoms with Crippen LogP contribution in [0.5, 0.6) is 0 Å². The Morgan fingerprint density at radius 2 is 2.00 bits per heavy atom. The van der Waals surface area contributed by atoms with Gasteiger partial charge in [-0.25, -0.2) is 8.78 Å². The number of halogens is 2. The maximum Gasteiger partial charge on any atom is 0.254 e. The van der Waals surface area contributed by atoms with Crippen LogP contribution in [-0.4, -0.2) is 49.2 Å². The van der Waals surface area contributed by atoms with Crippen LogP contribution >= 0.6 is 0 Å². The summed E-state index contributed by atoms with van der Waals surface area (Å²) in [5.41, 5.74) is -0.398. The lowest BCUT2D eigenvalue weighted by atomic mass is 10.0. The highest BCUT2D eigenvalue weighted by Gasteiger charge is 2.29. The van der Waals surface area contributed by atoms with Crippen LogP contribution in [0.1, 0.15) is 24.2 Å². The van der Waals surface area contributed by atoms with Gasteiger partial charge in [0.15, 0.2) is 0 Å². The Bertz CT molecular complexity index is 514. The number of nitrogens with one attached hydrogen (secondary N) is 1. The molecule has 1 aromatic carbocycles. The zero-order valence-corrected chi connectivity index (χ0v) is 12.3. The number of morpholine rings is 1. The number of ether oxygens (including phenoxy) is 1. The molecule has 0 atom stereocenters. The average molecular weight is 298 g/mol. The van der Waals surface area contributed by atoms with Gasteiger partial charge in [0.05, 0.1) is 18.8 Å². The fourth-order valence-electron chi connectivity index (χ4n) is 2.35. The van der Waals surface area contributed by atoms with Crippen molar-refractivity contribution in [1.29, 1.82) is 0 Å². The fraction of sp³-hybridized carbons (Fsp3) is 0.533. The van der Waals surface area contributed by atoms with Gasteiger partial charge in [0, 0.05) is 31.2 Å². The number of nitrogens with zero attached hydrogens (tertiary/aromatic N) is 1. The van der Waals surface area contributed by atoms with E-state index < -0.39 is 17.5 Å². The normalized spacial score (nSPS) is 16.8. The molecule has 1 heterocycles. The van der Waals surface area contributed by atoms with Gasteiger partial charge in [-0.3, -0.25) is 9.69 Å². The van der Waals surface area contributed by atoms with E-state index >= 15 is 0 Å². The van der Waals surface area contributed by atoms with Crippen molar-refractivity contribution in [3.8, 4) is 0 Å². The molecule has 2 rings (SSSR count). The second-order valence-electron chi connectivity index (χ2n) is 5.72. The third-order valence-corrected chi connectivity index (χ3v) is 3.72. The monoisotopic (exact) mass is 298 g/mol. The lowest BCUT2D eigenvalue weighted by molar-refractivity contribution is -0.00924. The molecule has 1 fully saturated rings. The third-order valence-electron chi connectivity index (χ3n) is 3.72. The Labute approximate surface area is 123 Å². The highest BCUT2D eigenvalue weighted by molar-refractivity contribution is 5.94. The Morgan fingerprint density at radius 3 is 2.62 bits per heavy atom. The Morgan fingerprint density at radius 1 is 1.33 bits per heavy atom. The zero-order chi connectivity index (χ0) is 15.5. The SMILES string of the molecule is CC(C)(CNC(=O)c1ccc(F)cc1F)N1CCOCC1. The molecule has 0 bridgehead atoms. The molecule has 1 amide bonds. The molecule has 1 aliphatic heterocycles. The quantitative estimate of drug-likeness (QED) is 0.921. The van der Waals surface area contributed by atoms with Crippen LogP contribution in [-0.2, 0) is 4.74 Å². The van der Waals surface area contributed by atoms with Crippen molar-refractivity contribution in [1.82, 2.24) is 10.2 Å². The van der Waals surface area contributed by atoms with E-state index in [0.717, 1.165) is 25.2 Å². The van der Waals surface area contributed by atoms with Crippen LogP contribution in [0.15, 0.2) is 18.2 Å². The first kappa shape index (κ1) is 15.9. The molecule has 21 heavy (non-hydrogen) atoms. The maximum atomic E-state index is 13.5. The number of hydrogen-bond acceptors (Lipinski definition) is 3. The Balaban J connectivity index is 1.96. The molecule has 4 nitrogen and oxygen atoms in total. The van der Waals surface area contributed by atoms with Crippen molar-refractivity contribution in [3.63, 3.8) is 0 Å².